The summed E-state index contributed by atoms with van der Waals surface area (Å²) in [5.74, 6) is 0. The highest BCUT2D eigenvalue weighted by atomic mass is 15.1. The van der Waals surface area contributed by atoms with E-state index in [0.29, 0.717) is 12.1 Å². The maximum atomic E-state index is 9.49. The van der Waals surface area contributed by atoms with Crippen LogP contribution >= 0.6 is 0 Å². The fourth-order valence-corrected chi connectivity index (χ4v) is 2.87. The van der Waals surface area contributed by atoms with E-state index in [1.54, 1.807) is 0 Å². The Labute approximate surface area is 149 Å². The first-order chi connectivity index (χ1) is 12.3. The Balaban J connectivity index is 1.92. The molecule has 0 saturated heterocycles. The lowest BCUT2D eigenvalue weighted by atomic mass is 10.1. The summed E-state index contributed by atoms with van der Waals surface area (Å²) in [4.78, 5) is 2.21. The highest BCUT2D eigenvalue weighted by Gasteiger charge is 2.13. The molecule has 2 heteroatoms. The Bertz CT molecular complexity index is 877. The van der Waals surface area contributed by atoms with Crippen LogP contribution in [0.2, 0.25) is 0 Å². The number of rotatable bonds is 6. The fraction of sp³-hybridized carbons (Fsp3) is 0.0870. The Morgan fingerprint density at radius 1 is 0.840 bits per heavy atom. The number of hydrogen-bond acceptors (Lipinski definition) is 2. The van der Waals surface area contributed by atoms with Crippen LogP contribution in [-0.2, 0) is 6.54 Å². The summed E-state index contributed by atoms with van der Waals surface area (Å²) in [5.41, 5.74) is 4.97. The lowest BCUT2D eigenvalue weighted by Crippen LogP contribution is -2.25. The van der Waals surface area contributed by atoms with Gasteiger partial charge in [-0.3, -0.25) is 0 Å². The third-order valence-corrected chi connectivity index (χ3v) is 4.15. The molecule has 2 nitrogen and oxygen atoms in total. The van der Waals surface area contributed by atoms with Gasteiger partial charge < -0.3 is 4.90 Å². The van der Waals surface area contributed by atoms with Crippen molar-refractivity contribution in [1.29, 1.82) is 5.26 Å². The van der Waals surface area contributed by atoms with Crippen LogP contribution in [0.3, 0.4) is 0 Å². The molecule has 3 rings (SSSR count). The van der Waals surface area contributed by atoms with Crippen LogP contribution in [0.1, 0.15) is 16.7 Å². The fourth-order valence-electron chi connectivity index (χ4n) is 2.87. The Hall–Kier alpha value is -3.31. The van der Waals surface area contributed by atoms with Crippen molar-refractivity contribution in [3.63, 3.8) is 0 Å². The molecular formula is C23H20N2. The van der Waals surface area contributed by atoms with Crippen molar-refractivity contribution in [3.8, 4) is 6.07 Å². The molecule has 0 aliphatic rings. The van der Waals surface area contributed by atoms with Gasteiger partial charge in [0.1, 0.15) is 6.07 Å². The maximum Gasteiger partial charge on any atom is 0.101 e. The first-order valence-corrected chi connectivity index (χ1v) is 8.29. The zero-order valence-electron chi connectivity index (χ0n) is 14.1. The summed E-state index contributed by atoms with van der Waals surface area (Å²) in [6, 6.07) is 30.5. The van der Waals surface area contributed by atoms with E-state index in [-0.39, 0.29) is 0 Å². The Kier molecular flexibility index (Phi) is 5.29. The third-order valence-electron chi connectivity index (χ3n) is 4.15. The van der Waals surface area contributed by atoms with Crippen molar-refractivity contribution in [1.82, 2.24) is 0 Å². The minimum Gasteiger partial charge on any atom is -0.362 e. The predicted molar refractivity (Wildman–Crippen MR) is 104 cm³/mol. The van der Waals surface area contributed by atoms with Gasteiger partial charge in [-0.1, -0.05) is 79.4 Å². The largest absolute Gasteiger partial charge is 0.362 e. The quantitative estimate of drug-likeness (QED) is 0.617. The topological polar surface area (TPSA) is 27.0 Å². The number of nitriles is 1. The molecule has 0 amide bonds. The molecule has 0 atom stereocenters. The van der Waals surface area contributed by atoms with Crippen molar-refractivity contribution in [2.45, 2.75) is 6.54 Å². The summed E-state index contributed by atoms with van der Waals surface area (Å²) >= 11 is 0. The van der Waals surface area contributed by atoms with Gasteiger partial charge in [-0.2, -0.15) is 5.26 Å². The number of nitrogens with zero attached hydrogens (tertiary/aromatic N) is 2. The van der Waals surface area contributed by atoms with Crippen LogP contribution in [0.25, 0.3) is 5.57 Å². The van der Waals surface area contributed by atoms with Gasteiger partial charge in [0.05, 0.1) is 11.3 Å². The molecule has 25 heavy (non-hydrogen) atoms. The van der Waals surface area contributed by atoms with E-state index in [1.807, 2.05) is 60.7 Å². The summed E-state index contributed by atoms with van der Waals surface area (Å²) in [5, 5.41) is 9.49. The second-order valence-electron chi connectivity index (χ2n) is 5.94. The highest BCUT2D eigenvalue weighted by Crippen LogP contribution is 2.25. The summed E-state index contributed by atoms with van der Waals surface area (Å²) in [7, 11) is 0. The highest BCUT2D eigenvalue weighted by molar-refractivity contribution is 5.70. The van der Waals surface area contributed by atoms with Crippen LogP contribution in [0.15, 0.2) is 91.5 Å². The molecule has 0 unspecified atom stereocenters. The van der Waals surface area contributed by atoms with Gasteiger partial charge in [-0.25, -0.2) is 0 Å². The molecule has 122 valence electrons. The molecule has 0 aliphatic carbocycles. The van der Waals surface area contributed by atoms with Crippen molar-refractivity contribution in [2.24, 2.45) is 0 Å². The molecule has 0 bridgehead atoms. The van der Waals surface area contributed by atoms with Crippen molar-refractivity contribution in [3.05, 3.63) is 108 Å². The average Bonchev–Trinajstić information content (AvgIpc) is 2.69. The predicted octanol–water partition coefficient (Wildman–Crippen LogP) is 5.28. The van der Waals surface area contributed by atoms with Gasteiger partial charge in [0.2, 0.25) is 0 Å². The lowest BCUT2D eigenvalue weighted by molar-refractivity contribution is 0.873. The van der Waals surface area contributed by atoms with E-state index in [4.69, 9.17) is 0 Å². The monoisotopic (exact) mass is 324 g/mol. The first kappa shape index (κ1) is 16.5. The minimum atomic E-state index is 0.664. The molecule has 0 spiro atoms. The summed E-state index contributed by atoms with van der Waals surface area (Å²) < 4.78 is 0. The molecule has 0 radical (unpaired) electrons. The van der Waals surface area contributed by atoms with E-state index in [0.717, 1.165) is 23.4 Å². The van der Waals surface area contributed by atoms with E-state index >= 15 is 0 Å². The average molecular weight is 324 g/mol. The normalized spacial score (nSPS) is 10.0. The molecule has 0 N–H and O–H groups in total. The minimum absolute atomic E-state index is 0.664. The van der Waals surface area contributed by atoms with Crippen molar-refractivity contribution >= 4 is 11.3 Å². The molecule has 3 aromatic carbocycles. The number of anilines is 1. The van der Waals surface area contributed by atoms with Gasteiger partial charge in [-0.05, 0) is 28.8 Å². The van der Waals surface area contributed by atoms with Gasteiger partial charge in [0.25, 0.3) is 0 Å². The van der Waals surface area contributed by atoms with E-state index in [2.05, 4.69) is 41.8 Å². The zero-order valence-corrected chi connectivity index (χ0v) is 14.1. The first-order valence-electron chi connectivity index (χ1n) is 8.29. The number of hydrogen-bond donors (Lipinski definition) is 0. The Morgan fingerprint density at radius 3 is 2.12 bits per heavy atom. The van der Waals surface area contributed by atoms with Gasteiger partial charge in [0.15, 0.2) is 0 Å². The maximum absolute atomic E-state index is 9.49. The van der Waals surface area contributed by atoms with Crippen LogP contribution < -0.4 is 4.90 Å². The van der Waals surface area contributed by atoms with Crippen LogP contribution in [0.5, 0.6) is 0 Å². The van der Waals surface area contributed by atoms with E-state index < -0.39 is 0 Å². The van der Waals surface area contributed by atoms with Gasteiger partial charge in [0, 0.05) is 13.1 Å². The molecule has 0 heterocycles. The summed E-state index contributed by atoms with van der Waals surface area (Å²) in [6.07, 6.45) is 0. The van der Waals surface area contributed by atoms with Crippen LogP contribution in [-0.4, -0.2) is 6.54 Å². The summed E-state index contributed by atoms with van der Waals surface area (Å²) in [6.45, 7) is 5.65. The standard InChI is InChI=1S/C23H20N2/c1-19(21-12-6-3-7-13-21)17-25(18-20-10-4-2-5-11-20)23-15-9-8-14-22(23)16-24/h2-15H,1,17-18H2. The smallest absolute Gasteiger partial charge is 0.101 e. The van der Waals surface area contributed by atoms with Crippen molar-refractivity contribution in [2.75, 3.05) is 11.4 Å². The molecular weight excluding hydrogens is 304 g/mol. The van der Waals surface area contributed by atoms with Crippen LogP contribution in [0, 0.1) is 11.3 Å². The number of para-hydroxylation sites is 1. The lowest BCUT2D eigenvalue weighted by Gasteiger charge is -2.27. The Morgan fingerprint density at radius 2 is 1.44 bits per heavy atom. The molecule has 0 aromatic heterocycles. The van der Waals surface area contributed by atoms with Gasteiger partial charge >= 0.3 is 0 Å². The van der Waals surface area contributed by atoms with E-state index in [1.165, 1.54) is 5.56 Å². The zero-order chi connectivity index (χ0) is 17.5. The van der Waals surface area contributed by atoms with Crippen LogP contribution in [0.4, 0.5) is 5.69 Å². The van der Waals surface area contributed by atoms with Crippen molar-refractivity contribution < 1.29 is 0 Å². The molecule has 3 aromatic rings. The second kappa shape index (κ2) is 7.99. The van der Waals surface area contributed by atoms with Gasteiger partial charge in [-0.15, -0.1) is 0 Å². The second-order valence-corrected chi connectivity index (χ2v) is 5.94. The molecule has 0 aliphatic heterocycles. The molecule has 0 saturated carbocycles. The molecule has 0 fully saturated rings. The third kappa shape index (κ3) is 4.16. The number of benzene rings is 3. The van der Waals surface area contributed by atoms with E-state index in [9.17, 15) is 5.26 Å². The SMILES string of the molecule is C=C(CN(Cc1ccccc1)c1ccccc1C#N)c1ccccc1.